The van der Waals surface area contributed by atoms with Crippen LogP contribution < -0.4 is 15.5 Å². The molecule has 8 heteroatoms. The lowest BCUT2D eigenvalue weighted by Crippen LogP contribution is -3.11. The molecule has 5 nitrogen and oxygen atoms in total. The van der Waals surface area contributed by atoms with E-state index in [-0.39, 0.29) is 19.0 Å². The minimum absolute atomic E-state index is 0.0441. The van der Waals surface area contributed by atoms with Gasteiger partial charge in [0.1, 0.15) is 0 Å². The number of carbonyl (C=O) groups excluding carboxylic acids is 2. The highest BCUT2D eigenvalue weighted by Crippen LogP contribution is 2.19. The van der Waals surface area contributed by atoms with E-state index in [1.54, 1.807) is 7.05 Å². The molecule has 27 heavy (non-hydrogen) atoms. The van der Waals surface area contributed by atoms with E-state index in [4.69, 9.17) is 0 Å². The van der Waals surface area contributed by atoms with Crippen LogP contribution in [-0.2, 0) is 16.0 Å². The fraction of sp³-hybridized carbons (Fsp3) is 0.263. The van der Waals surface area contributed by atoms with Gasteiger partial charge in [-0.05, 0) is 24.1 Å². The Balaban J connectivity index is 1.74. The van der Waals surface area contributed by atoms with Gasteiger partial charge in [0.15, 0.2) is 30.5 Å². The Kier molecular flexibility index (Phi) is 7.36. The van der Waals surface area contributed by atoms with Crippen molar-refractivity contribution in [3.8, 4) is 0 Å². The van der Waals surface area contributed by atoms with E-state index >= 15 is 0 Å². The number of quaternary nitrogens is 1. The first-order valence-electron chi connectivity index (χ1n) is 8.42. The van der Waals surface area contributed by atoms with E-state index < -0.39 is 29.0 Å². The Labute approximate surface area is 155 Å². The normalized spacial score (nSPS) is 11.7. The van der Waals surface area contributed by atoms with E-state index in [1.807, 2.05) is 30.3 Å². The first-order valence-corrected chi connectivity index (χ1v) is 8.42. The second-order valence-corrected chi connectivity index (χ2v) is 6.17. The Hall–Kier alpha value is -2.87. The Morgan fingerprint density at radius 2 is 1.59 bits per heavy atom. The van der Waals surface area contributed by atoms with Gasteiger partial charge in [-0.3, -0.25) is 9.59 Å². The number of carbonyl (C=O) groups is 2. The SMILES string of the molecule is C[NH+](CC(=O)NCCc1ccccc1)CC(=O)Nc1ccc(F)c(F)c1F. The fourth-order valence-electron chi connectivity index (χ4n) is 2.48. The summed E-state index contributed by atoms with van der Waals surface area (Å²) in [5, 5.41) is 4.94. The third kappa shape index (κ3) is 6.41. The molecule has 0 radical (unpaired) electrons. The van der Waals surface area contributed by atoms with Crippen molar-refractivity contribution >= 4 is 17.5 Å². The number of amides is 2. The highest BCUT2D eigenvalue weighted by atomic mass is 19.2. The first-order chi connectivity index (χ1) is 12.9. The number of rotatable bonds is 8. The van der Waals surface area contributed by atoms with Crippen LogP contribution in [-0.4, -0.2) is 38.5 Å². The average Bonchev–Trinajstić information content (AvgIpc) is 2.63. The summed E-state index contributed by atoms with van der Waals surface area (Å²) in [6.07, 6.45) is 0.696. The zero-order valence-corrected chi connectivity index (χ0v) is 14.8. The van der Waals surface area contributed by atoms with Crippen molar-refractivity contribution in [3.63, 3.8) is 0 Å². The van der Waals surface area contributed by atoms with Crippen LogP contribution in [0.4, 0.5) is 18.9 Å². The Morgan fingerprint density at radius 3 is 2.30 bits per heavy atom. The van der Waals surface area contributed by atoms with Crippen LogP contribution in [0.15, 0.2) is 42.5 Å². The number of halogens is 3. The zero-order chi connectivity index (χ0) is 19.8. The molecule has 2 rings (SSSR count). The fourth-order valence-corrected chi connectivity index (χ4v) is 2.48. The van der Waals surface area contributed by atoms with Crippen LogP contribution in [0.25, 0.3) is 0 Å². The molecule has 0 bridgehead atoms. The third-order valence-electron chi connectivity index (χ3n) is 3.81. The smallest absolute Gasteiger partial charge is 0.279 e. The molecule has 0 aliphatic rings. The summed E-state index contributed by atoms with van der Waals surface area (Å²) < 4.78 is 39.6. The van der Waals surface area contributed by atoms with E-state index in [1.165, 1.54) is 0 Å². The van der Waals surface area contributed by atoms with E-state index in [0.29, 0.717) is 17.9 Å². The van der Waals surface area contributed by atoms with E-state index in [0.717, 1.165) is 17.7 Å². The molecule has 2 aromatic carbocycles. The molecular formula is C19H21F3N3O2+. The van der Waals surface area contributed by atoms with Crippen molar-refractivity contribution in [2.75, 3.05) is 32.0 Å². The van der Waals surface area contributed by atoms with Crippen LogP contribution in [0.1, 0.15) is 5.56 Å². The summed E-state index contributed by atoms with van der Waals surface area (Å²) in [5.74, 6) is -5.28. The highest BCUT2D eigenvalue weighted by molar-refractivity contribution is 5.91. The molecule has 144 valence electrons. The maximum atomic E-state index is 13.5. The molecule has 3 N–H and O–H groups in total. The predicted octanol–water partition coefficient (Wildman–Crippen LogP) is 0.916. The molecule has 0 spiro atoms. The predicted molar refractivity (Wildman–Crippen MR) is 94.7 cm³/mol. The summed E-state index contributed by atoms with van der Waals surface area (Å²) in [5.41, 5.74) is 0.658. The number of benzene rings is 2. The number of hydrogen-bond acceptors (Lipinski definition) is 2. The van der Waals surface area contributed by atoms with Gasteiger partial charge in [-0.25, -0.2) is 13.2 Å². The van der Waals surface area contributed by atoms with Crippen LogP contribution >= 0.6 is 0 Å². The number of hydrogen-bond donors (Lipinski definition) is 3. The summed E-state index contributed by atoms with van der Waals surface area (Å²) in [7, 11) is 1.62. The number of anilines is 1. The number of nitrogens with one attached hydrogen (secondary N) is 3. The molecule has 0 aromatic heterocycles. The van der Waals surface area contributed by atoms with Gasteiger partial charge >= 0.3 is 0 Å². The lowest BCUT2D eigenvalue weighted by molar-refractivity contribution is -0.862. The molecule has 0 aliphatic carbocycles. The minimum atomic E-state index is -1.65. The van der Waals surface area contributed by atoms with Crippen molar-refractivity contribution < 1.29 is 27.7 Å². The highest BCUT2D eigenvalue weighted by Gasteiger charge is 2.18. The molecule has 0 saturated carbocycles. The van der Waals surface area contributed by atoms with Gasteiger partial charge in [0.05, 0.1) is 12.7 Å². The van der Waals surface area contributed by atoms with Crippen molar-refractivity contribution in [1.82, 2.24) is 5.32 Å². The molecule has 0 saturated heterocycles. The lowest BCUT2D eigenvalue weighted by Gasteiger charge is -2.14. The molecule has 2 amide bonds. The van der Waals surface area contributed by atoms with Gasteiger partial charge in [-0.2, -0.15) is 0 Å². The molecule has 2 aromatic rings. The van der Waals surface area contributed by atoms with Gasteiger partial charge < -0.3 is 15.5 Å². The van der Waals surface area contributed by atoms with Crippen LogP contribution in [0, 0.1) is 17.5 Å². The van der Waals surface area contributed by atoms with Crippen molar-refractivity contribution in [2.24, 2.45) is 0 Å². The molecule has 1 atom stereocenters. The summed E-state index contributed by atoms with van der Waals surface area (Å²) >= 11 is 0. The number of likely N-dealkylation sites (N-methyl/N-ethyl adjacent to an activating group) is 1. The summed E-state index contributed by atoms with van der Waals surface area (Å²) in [4.78, 5) is 24.4. The standard InChI is InChI=1S/C19H20F3N3O2/c1-25(11-16(26)23-10-9-13-5-3-2-4-6-13)12-17(27)24-15-8-7-14(20)18(21)19(15)22/h2-8H,9-12H2,1H3,(H,23,26)(H,24,27)/p+1. The van der Waals surface area contributed by atoms with Crippen molar-refractivity contribution in [3.05, 3.63) is 65.5 Å². The van der Waals surface area contributed by atoms with Gasteiger partial charge in [0.2, 0.25) is 0 Å². The van der Waals surface area contributed by atoms with Crippen molar-refractivity contribution in [1.29, 1.82) is 0 Å². The maximum absolute atomic E-state index is 13.5. The molecule has 0 fully saturated rings. The topological polar surface area (TPSA) is 62.6 Å². The molecule has 1 unspecified atom stereocenters. The lowest BCUT2D eigenvalue weighted by atomic mass is 10.1. The maximum Gasteiger partial charge on any atom is 0.279 e. The molecular weight excluding hydrogens is 359 g/mol. The van der Waals surface area contributed by atoms with Gasteiger partial charge in [-0.15, -0.1) is 0 Å². The summed E-state index contributed by atoms with van der Waals surface area (Å²) in [6.45, 7) is 0.384. The quantitative estimate of drug-likeness (QED) is 0.597. The van der Waals surface area contributed by atoms with Gasteiger partial charge in [-0.1, -0.05) is 30.3 Å². The second kappa shape index (κ2) is 9.72. The van der Waals surface area contributed by atoms with E-state index in [2.05, 4.69) is 10.6 Å². The van der Waals surface area contributed by atoms with Crippen LogP contribution in [0.3, 0.4) is 0 Å². The third-order valence-corrected chi connectivity index (χ3v) is 3.81. The van der Waals surface area contributed by atoms with Crippen molar-refractivity contribution in [2.45, 2.75) is 6.42 Å². The first kappa shape index (κ1) is 20.4. The molecule has 0 aliphatic heterocycles. The van der Waals surface area contributed by atoms with Crippen LogP contribution in [0.2, 0.25) is 0 Å². The molecule has 0 heterocycles. The monoisotopic (exact) mass is 380 g/mol. The largest absolute Gasteiger partial charge is 0.351 e. The van der Waals surface area contributed by atoms with Gasteiger partial charge in [0.25, 0.3) is 11.8 Å². The zero-order valence-electron chi connectivity index (χ0n) is 14.8. The Bertz CT molecular complexity index is 800. The summed E-state index contributed by atoms with van der Waals surface area (Å²) in [6, 6.07) is 11.4. The second-order valence-electron chi connectivity index (χ2n) is 6.17. The van der Waals surface area contributed by atoms with Gasteiger partial charge in [0, 0.05) is 6.54 Å². The van der Waals surface area contributed by atoms with E-state index in [9.17, 15) is 22.8 Å². The average molecular weight is 380 g/mol. The van der Waals surface area contributed by atoms with Crippen LogP contribution in [0.5, 0.6) is 0 Å². The Morgan fingerprint density at radius 1 is 0.926 bits per heavy atom. The minimum Gasteiger partial charge on any atom is -0.351 e.